The van der Waals surface area contributed by atoms with Gasteiger partial charge in [0.2, 0.25) is 0 Å². The van der Waals surface area contributed by atoms with Gasteiger partial charge in [0.1, 0.15) is 11.4 Å². The molecule has 30 heavy (non-hydrogen) atoms. The maximum absolute atomic E-state index is 12.6. The lowest BCUT2D eigenvalue weighted by Crippen LogP contribution is -2.33. The van der Waals surface area contributed by atoms with E-state index in [1.807, 2.05) is 51.1 Å². The second kappa shape index (κ2) is 9.31. The highest BCUT2D eigenvalue weighted by Crippen LogP contribution is 2.48. The molecule has 0 saturated heterocycles. The van der Waals surface area contributed by atoms with Crippen molar-refractivity contribution in [3.8, 4) is 5.75 Å². The molecule has 162 valence electrons. The fraction of sp³-hybridized carbons (Fsp3) is 0.409. The number of carbonyl (C=O) groups is 1. The number of rotatable bonds is 7. The molecule has 2 aromatic rings. The topological polar surface area (TPSA) is 81.7 Å². The molecule has 1 aliphatic heterocycles. The molecule has 0 aliphatic carbocycles. The molecular weight excluding hydrogens is 422 g/mol. The van der Waals surface area contributed by atoms with Gasteiger partial charge in [-0.2, -0.15) is 0 Å². The van der Waals surface area contributed by atoms with E-state index < -0.39 is 21.5 Å². The monoisotopic (exact) mass is 449 g/mol. The molecule has 8 heteroatoms. The number of hydrogen-bond acceptors (Lipinski definition) is 6. The number of alkyl carbamates (subject to hydrolysis) is 1. The summed E-state index contributed by atoms with van der Waals surface area (Å²) >= 11 is 1.53. The van der Waals surface area contributed by atoms with Gasteiger partial charge in [0.25, 0.3) is 0 Å². The SMILES string of the molecule is CC(C)(C)OC(=O)NCCCOc1cccc2c1C(Sc1ccccc1)CS2(=O)=O. The number of nitrogens with one attached hydrogen (secondary N) is 1. The summed E-state index contributed by atoms with van der Waals surface area (Å²) < 4.78 is 36.4. The van der Waals surface area contributed by atoms with E-state index >= 15 is 0 Å². The van der Waals surface area contributed by atoms with E-state index in [0.717, 1.165) is 10.5 Å². The molecule has 1 unspecified atom stereocenters. The maximum Gasteiger partial charge on any atom is 0.407 e. The number of ether oxygens (including phenoxy) is 2. The predicted molar refractivity (Wildman–Crippen MR) is 118 cm³/mol. The minimum absolute atomic E-state index is 0.0580. The zero-order chi connectivity index (χ0) is 21.8. The number of fused-ring (bicyclic) bond motifs is 1. The van der Waals surface area contributed by atoms with Gasteiger partial charge < -0.3 is 14.8 Å². The van der Waals surface area contributed by atoms with Crippen LogP contribution < -0.4 is 10.1 Å². The van der Waals surface area contributed by atoms with Crippen LogP contribution in [0.4, 0.5) is 4.79 Å². The normalized spacial score (nSPS) is 17.2. The van der Waals surface area contributed by atoms with E-state index in [4.69, 9.17) is 9.47 Å². The zero-order valence-electron chi connectivity index (χ0n) is 17.4. The summed E-state index contributed by atoms with van der Waals surface area (Å²) in [6, 6.07) is 14.9. The van der Waals surface area contributed by atoms with Crippen LogP contribution in [0.2, 0.25) is 0 Å². The minimum Gasteiger partial charge on any atom is -0.493 e. The van der Waals surface area contributed by atoms with Crippen LogP contribution >= 0.6 is 11.8 Å². The average molecular weight is 450 g/mol. The van der Waals surface area contributed by atoms with Crippen LogP contribution in [0.1, 0.15) is 38.0 Å². The Bertz CT molecular complexity index is 984. The fourth-order valence-corrected chi connectivity index (χ4v) is 6.62. The Morgan fingerprint density at radius 1 is 1.13 bits per heavy atom. The second-order valence-electron chi connectivity index (χ2n) is 8.00. The van der Waals surface area contributed by atoms with E-state index in [1.54, 1.807) is 18.2 Å². The molecule has 6 nitrogen and oxygen atoms in total. The smallest absolute Gasteiger partial charge is 0.407 e. The highest BCUT2D eigenvalue weighted by Gasteiger charge is 2.37. The van der Waals surface area contributed by atoms with Crippen LogP contribution in [0.25, 0.3) is 0 Å². The maximum atomic E-state index is 12.6. The third-order valence-corrected chi connectivity index (χ3v) is 7.56. The van der Waals surface area contributed by atoms with Gasteiger partial charge in [-0.3, -0.25) is 0 Å². The summed E-state index contributed by atoms with van der Waals surface area (Å²) in [5, 5.41) is 2.47. The predicted octanol–water partition coefficient (Wildman–Crippen LogP) is 4.60. The zero-order valence-corrected chi connectivity index (χ0v) is 19.0. The first-order valence-electron chi connectivity index (χ1n) is 9.83. The average Bonchev–Trinajstić information content (AvgIpc) is 2.92. The second-order valence-corrected chi connectivity index (χ2v) is 11.3. The van der Waals surface area contributed by atoms with Crippen molar-refractivity contribution in [2.24, 2.45) is 0 Å². The Morgan fingerprint density at radius 3 is 2.57 bits per heavy atom. The molecule has 3 rings (SSSR count). The molecule has 2 aromatic carbocycles. The summed E-state index contributed by atoms with van der Waals surface area (Å²) in [5.74, 6) is 0.641. The van der Waals surface area contributed by atoms with Crippen LogP contribution in [0.5, 0.6) is 5.75 Å². The van der Waals surface area contributed by atoms with Crippen molar-refractivity contribution in [2.45, 2.75) is 47.8 Å². The lowest BCUT2D eigenvalue weighted by atomic mass is 10.1. The molecule has 0 bridgehead atoms. The van der Waals surface area contributed by atoms with E-state index in [9.17, 15) is 13.2 Å². The fourth-order valence-electron chi connectivity index (χ4n) is 3.13. The molecule has 0 radical (unpaired) electrons. The lowest BCUT2D eigenvalue weighted by Gasteiger charge is -2.19. The lowest BCUT2D eigenvalue weighted by molar-refractivity contribution is 0.0525. The van der Waals surface area contributed by atoms with Gasteiger partial charge in [0.05, 0.1) is 22.5 Å². The van der Waals surface area contributed by atoms with Crippen molar-refractivity contribution in [1.82, 2.24) is 5.32 Å². The van der Waals surface area contributed by atoms with Crippen molar-refractivity contribution < 1.29 is 22.7 Å². The van der Waals surface area contributed by atoms with Gasteiger partial charge >= 0.3 is 6.09 Å². The summed E-state index contributed by atoms with van der Waals surface area (Å²) in [6.45, 7) is 6.19. The molecule has 1 N–H and O–H groups in total. The molecule has 1 amide bonds. The van der Waals surface area contributed by atoms with Crippen LogP contribution in [-0.4, -0.2) is 39.0 Å². The highest BCUT2D eigenvalue weighted by molar-refractivity contribution is 8.01. The van der Waals surface area contributed by atoms with Crippen LogP contribution in [-0.2, 0) is 14.6 Å². The van der Waals surface area contributed by atoms with E-state index in [0.29, 0.717) is 30.2 Å². The third kappa shape index (κ3) is 5.92. The number of hydrogen-bond donors (Lipinski definition) is 1. The quantitative estimate of drug-likeness (QED) is 0.622. The van der Waals surface area contributed by atoms with Crippen LogP contribution in [0, 0.1) is 0 Å². The van der Waals surface area contributed by atoms with Gasteiger partial charge in [-0.05, 0) is 51.5 Å². The molecule has 0 spiro atoms. The number of sulfone groups is 1. The molecule has 0 fully saturated rings. The Hall–Kier alpha value is -2.19. The summed E-state index contributed by atoms with van der Waals surface area (Å²) in [6.07, 6.45) is 0.111. The number of thioether (sulfide) groups is 1. The number of amides is 1. The highest BCUT2D eigenvalue weighted by atomic mass is 32.2. The summed E-state index contributed by atoms with van der Waals surface area (Å²) in [4.78, 5) is 13.1. The van der Waals surface area contributed by atoms with E-state index in [2.05, 4.69) is 5.32 Å². The van der Waals surface area contributed by atoms with Gasteiger partial charge in [-0.25, -0.2) is 13.2 Å². The first-order chi connectivity index (χ1) is 14.2. The van der Waals surface area contributed by atoms with Gasteiger partial charge in [0.15, 0.2) is 9.84 Å². The van der Waals surface area contributed by atoms with Gasteiger partial charge in [-0.15, -0.1) is 11.8 Å². The molecule has 1 atom stereocenters. The molecule has 1 heterocycles. The Morgan fingerprint density at radius 2 is 1.87 bits per heavy atom. The summed E-state index contributed by atoms with van der Waals surface area (Å²) in [5.41, 5.74) is 0.189. The number of carbonyl (C=O) groups excluding carboxylic acids is 1. The molecule has 0 saturated carbocycles. The Balaban J connectivity index is 1.63. The van der Waals surface area contributed by atoms with E-state index in [-0.39, 0.29) is 11.0 Å². The van der Waals surface area contributed by atoms with Crippen molar-refractivity contribution >= 4 is 27.7 Å². The third-order valence-electron chi connectivity index (χ3n) is 4.32. The van der Waals surface area contributed by atoms with Crippen molar-refractivity contribution in [2.75, 3.05) is 18.9 Å². The largest absolute Gasteiger partial charge is 0.493 e. The molecule has 0 aromatic heterocycles. The first-order valence-corrected chi connectivity index (χ1v) is 12.4. The summed E-state index contributed by atoms with van der Waals surface area (Å²) in [7, 11) is -3.34. The van der Waals surface area contributed by atoms with Gasteiger partial charge in [-0.1, -0.05) is 24.3 Å². The van der Waals surface area contributed by atoms with Crippen LogP contribution in [0.15, 0.2) is 58.3 Å². The van der Waals surface area contributed by atoms with E-state index in [1.165, 1.54) is 11.8 Å². The van der Waals surface area contributed by atoms with Crippen molar-refractivity contribution in [3.05, 3.63) is 54.1 Å². The first kappa shape index (κ1) is 22.5. The van der Waals surface area contributed by atoms with Crippen molar-refractivity contribution in [1.29, 1.82) is 0 Å². The Labute approximate surface area is 182 Å². The molecule has 1 aliphatic rings. The van der Waals surface area contributed by atoms with Crippen molar-refractivity contribution in [3.63, 3.8) is 0 Å². The molecular formula is C22H27NO5S2. The minimum atomic E-state index is -3.34. The van der Waals surface area contributed by atoms with Gasteiger partial charge in [0, 0.05) is 17.0 Å². The Kier molecular flexibility index (Phi) is 6.98. The standard InChI is InChI=1S/C22H27NO5S2/c1-22(2,3)28-21(24)23-13-8-14-27-17-11-7-12-19-20(17)18(15-30(19,25)26)29-16-9-5-4-6-10-16/h4-7,9-12,18H,8,13-15H2,1-3H3,(H,23,24). The van der Waals surface area contributed by atoms with Crippen LogP contribution in [0.3, 0.4) is 0 Å². The number of benzene rings is 2.